The molecule has 0 radical (unpaired) electrons. The Morgan fingerprint density at radius 2 is 1.79 bits per heavy atom. The molecule has 1 aromatic heterocycles. The number of amides is 1. The lowest BCUT2D eigenvalue weighted by Crippen LogP contribution is -2.30. The molecule has 144 valence electrons. The summed E-state index contributed by atoms with van der Waals surface area (Å²) in [6.07, 6.45) is 0.741. The molecule has 0 aliphatic carbocycles. The Balaban J connectivity index is 1.63. The molecule has 0 saturated heterocycles. The van der Waals surface area contributed by atoms with Crippen LogP contribution in [0.4, 0.5) is 5.69 Å². The smallest absolute Gasteiger partial charge is 0.338 e. The van der Waals surface area contributed by atoms with Gasteiger partial charge in [-0.05, 0) is 56.3 Å². The van der Waals surface area contributed by atoms with Crippen LogP contribution in [0.25, 0.3) is 5.69 Å². The van der Waals surface area contributed by atoms with Crippen molar-refractivity contribution in [3.63, 3.8) is 0 Å². The highest BCUT2D eigenvalue weighted by Crippen LogP contribution is 2.23. The lowest BCUT2D eigenvalue weighted by Gasteiger charge is -2.15. The van der Waals surface area contributed by atoms with E-state index < -0.39 is 18.0 Å². The third kappa shape index (κ3) is 4.20. The number of nitrogens with zero attached hydrogens (tertiary/aromatic N) is 2. The minimum absolute atomic E-state index is 0.352. The van der Waals surface area contributed by atoms with Crippen molar-refractivity contribution in [2.75, 3.05) is 12.4 Å². The number of aromatic nitrogens is 2. The number of esters is 1. The molecule has 0 fully saturated rings. The number of hydrogen-bond donors (Lipinski definition) is 1. The fourth-order valence-electron chi connectivity index (χ4n) is 2.64. The number of hydrogen-bond acceptors (Lipinski definition) is 5. The molecule has 7 nitrogen and oxygen atoms in total. The van der Waals surface area contributed by atoms with Crippen LogP contribution in [0.1, 0.15) is 23.0 Å². The third-order valence-corrected chi connectivity index (χ3v) is 4.20. The average molecular weight is 379 g/mol. The van der Waals surface area contributed by atoms with Crippen LogP contribution < -0.4 is 10.1 Å². The molecule has 28 heavy (non-hydrogen) atoms. The molecule has 1 heterocycles. The van der Waals surface area contributed by atoms with E-state index in [0.29, 0.717) is 17.0 Å². The first kappa shape index (κ1) is 19.2. The fraction of sp³-hybridized carbons (Fsp3) is 0.190. The average Bonchev–Trinajstić information content (AvgIpc) is 3.14. The van der Waals surface area contributed by atoms with Crippen molar-refractivity contribution >= 4 is 17.6 Å². The first-order chi connectivity index (χ1) is 13.5. The van der Waals surface area contributed by atoms with Crippen molar-refractivity contribution in [2.45, 2.75) is 20.0 Å². The van der Waals surface area contributed by atoms with Crippen LogP contribution in [0, 0.1) is 6.92 Å². The van der Waals surface area contributed by atoms with Crippen molar-refractivity contribution in [3.8, 4) is 11.4 Å². The van der Waals surface area contributed by atoms with E-state index in [9.17, 15) is 9.59 Å². The summed E-state index contributed by atoms with van der Waals surface area (Å²) >= 11 is 0. The molecule has 0 aliphatic rings. The van der Waals surface area contributed by atoms with Gasteiger partial charge < -0.3 is 14.8 Å². The van der Waals surface area contributed by atoms with Crippen LogP contribution in [0.5, 0.6) is 5.75 Å². The maximum atomic E-state index is 12.4. The Kier molecular flexibility index (Phi) is 5.74. The van der Waals surface area contributed by atoms with Crippen LogP contribution >= 0.6 is 0 Å². The molecule has 0 aliphatic heterocycles. The van der Waals surface area contributed by atoms with Gasteiger partial charge in [0.1, 0.15) is 5.75 Å². The Morgan fingerprint density at radius 3 is 2.43 bits per heavy atom. The third-order valence-electron chi connectivity index (χ3n) is 4.20. The van der Waals surface area contributed by atoms with E-state index in [0.717, 1.165) is 11.4 Å². The quantitative estimate of drug-likeness (QED) is 0.664. The van der Waals surface area contributed by atoms with Crippen LogP contribution in [-0.2, 0) is 9.53 Å². The largest absolute Gasteiger partial charge is 0.495 e. The Hall–Kier alpha value is -3.61. The van der Waals surface area contributed by atoms with Gasteiger partial charge in [0.2, 0.25) is 0 Å². The first-order valence-corrected chi connectivity index (χ1v) is 8.75. The molecule has 1 amide bonds. The van der Waals surface area contributed by atoms with Gasteiger partial charge in [0, 0.05) is 11.9 Å². The van der Waals surface area contributed by atoms with E-state index >= 15 is 0 Å². The summed E-state index contributed by atoms with van der Waals surface area (Å²) in [4.78, 5) is 24.7. The second-order valence-electron chi connectivity index (χ2n) is 6.17. The number of anilines is 1. The standard InChI is InChI=1S/C21H21N3O4/c1-14-12-13-22-24(14)17-10-8-16(9-11-17)21(26)28-15(2)20(25)23-18-6-4-5-7-19(18)27-3/h4-13,15H,1-3H3,(H,23,25)/t15-/m0/s1. The van der Waals surface area contributed by atoms with Crippen molar-refractivity contribution in [3.05, 3.63) is 72.1 Å². The maximum absolute atomic E-state index is 12.4. The van der Waals surface area contributed by atoms with Gasteiger partial charge in [-0.15, -0.1) is 0 Å². The van der Waals surface area contributed by atoms with E-state index in [4.69, 9.17) is 9.47 Å². The van der Waals surface area contributed by atoms with Gasteiger partial charge in [0.25, 0.3) is 5.91 Å². The predicted octanol–water partition coefficient (Wildman–Crippen LogP) is 3.37. The van der Waals surface area contributed by atoms with E-state index in [1.807, 2.05) is 13.0 Å². The SMILES string of the molecule is COc1ccccc1NC(=O)[C@H](C)OC(=O)c1ccc(-n2nccc2C)cc1. The van der Waals surface area contributed by atoms with Crippen molar-refractivity contribution in [1.29, 1.82) is 0 Å². The number of methoxy groups -OCH3 is 1. The topological polar surface area (TPSA) is 82.5 Å². The number of carbonyl (C=O) groups is 2. The van der Waals surface area contributed by atoms with Gasteiger partial charge in [0.05, 0.1) is 24.0 Å². The van der Waals surface area contributed by atoms with Crippen molar-refractivity contribution in [2.24, 2.45) is 0 Å². The second kappa shape index (κ2) is 8.39. The van der Waals surface area contributed by atoms with Crippen molar-refractivity contribution in [1.82, 2.24) is 9.78 Å². The fourth-order valence-corrected chi connectivity index (χ4v) is 2.64. The van der Waals surface area contributed by atoms with Gasteiger partial charge in [0.15, 0.2) is 6.10 Å². The van der Waals surface area contributed by atoms with Gasteiger partial charge in [-0.25, -0.2) is 9.48 Å². The molecule has 2 aromatic carbocycles. The van der Waals surface area contributed by atoms with Crippen LogP contribution in [-0.4, -0.2) is 34.9 Å². The molecule has 1 atom stereocenters. The maximum Gasteiger partial charge on any atom is 0.338 e. The zero-order chi connectivity index (χ0) is 20.1. The second-order valence-corrected chi connectivity index (χ2v) is 6.17. The highest BCUT2D eigenvalue weighted by atomic mass is 16.5. The van der Waals surface area contributed by atoms with Crippen LogP contribution in [0.2, 0.25) is 0 Å². The van der Waals surface area contributed by atoms with Crippen LogP contribution in [0.3, 0.4) is 0 Å². The minimum Gasteiger partial charge on any atom is -0.495 e. The molecule has 3 rings (SSSR count). The predicted molar refractivity (Wildman–Crippen MR) is 105 cm³/mol. The van der Waals surface area contributed by atoms with Gasteiger partial charge in [-0.2, -0.15) is 5.10 Å². The first-order valence-electron chi connectivity index (χ1n) is 8.75. The summed E-state index contributed by atoms with van der Waals surface area (Å²) in [5, 5.41) is 6.92. The summed E-state index contributed by atoms with van der Waals surface area (Å²) in [5.74, 6) is -0.494. The zero-order valence-electron chi connectivity index (χ0n) is 15.9. The van der Waals surface area contributed by atoms with Gasteiger partial charge in [-0.3, -0.25) is 4.79 Å². The summed E-state index contributed by atoms with van der Waals surface area (Å²) < 4.78 is 12.2. The molecular weight excluding hydrogens is 358 g/mol. The Morgan fingerprint density at radius 1 is 1.07 bits per heavy atom. The molecule has 0 saturated carbocycles. The number of ether oxygens (including phenoxy) is 2. The molecule has 1 N–H and O–H groups in total. The van der Waals surface area contributed by atoms with E-state index in [-0.39, 0.29) is 0 Å². The normalized spacial score (nSPS) is 11.5. The summed E-state index contributed by atoms with van der Waals surface area (Å²) in [6.45, 7) is 3.46. The monoisotopic (exact) mass is 379 g/mol. The Bertz CT molecular complexity index is 979. The highest BCUT2D eigenvalue weighted by Gasteiger charge is 2.20. The molecule has 0 spiro atoms. The zero-order valence-corrected chi connectivity index (χ0v) is 15.9. The lowest BCUT2D eigenvalue weighted by molar-refractivity contribution is -0.123. The minimum atomic E-state index is -0.967. The van der Waals surface area contributed by atoms with E-state index in [1.165, 1.54) is 14.0 Å². The highest BCUT2D eigenvalue weighted by molar-refractivity contribution is 5.98. The number of carbonyl (C=O) groups excluding carboxylic acids is 2. The molecule has 3 aromatic rings. The van der Waals surface area contributed by atoms with Crippen LogP contribution in [0.15, 0.2) is 60.8 Å². The number of para-hydroxylation sites is 2. The van der Waals surface area contributed by atoms with E-state index in [2.05, 4.69) is 10.4 Å². The van der Waals surface area contributed by atoms with Gasteiger partial charge >= 0.3 is 5.97 Å². The van der Waals surface area contributed by atoms with Gasteiger partial charge in [-0.1, -0.05) is 12.1 Å². The lowest BCUT2D eigenvalue weighted by atomic mass is 10.2. The Labute approximate surface area is 162 Å². The molecule has 0 bridgehead atoms. The summed E-state index contributed by atoms with van der Waals surface area (Å²) in [6, 6.07) is 15.7. The number of aryl methyl sites for hydroxylation is 1. The molecule has 7 heteroatoms. The number of rotatable bonds is 6. The molecular formula is C21H21N3O4. The number of nitrogens with one attached hydrogen (secondary N) is 1. The summed E-state index contributed by atoms with van der Waals surface area (Å²) in [5.41, 5.74) is 2.68. The van der Waals surface area contributed by atoms with Crippen molar-refractivity contribution < 1.29 is 19.1 Å². The summed E-state index contributed by atoms with van der Waals surface area (Å²) in [7, 11) is 1.52. The van der Waals surface area contributed by atoms with E-state index in [1.54, 1.807) is 59.4 Å². The number of benzene rings is 2. The molecule has 0 unspecified atom stereocenters.